The molecule has 176 valence electrons. The van der Waals surface area contributed by atoms with E-state index in [-0.39, 0.29) is 17.2 Å². The van der Waals surface area contributed by atoms with Gasteiger partial charge in [0, 0.05) is 38.6 Å². The van der Waals surface area contributed by atoms with Gasteiger partial charge in [-0.3, -0.25) is 14.4 Å². The van der Waals surface area contributed by atoms with E-state index in [1.54, 1.807) is 24.3 Å². The third-order valence-electron chi connectivity index (χ3n) is 6.42. The Morgan fingerprint density at radius 1 is 0.914 bits per heavy atom. The van der Waals surface area contributed by atoms with E-state index in [1.165, 1.54) is 0 Å². The minimum Gasteiger partial charge on any atom is -0.349 e. The molecule has 1 N–H and O–H groups in total. The van der Waals surface area contributed by atoms with Gasteiger partial charge in [0.2, 0.25) is 5.43 Å². The first-order valence-corrected chi connectivity index (χ1v) is 11.8. The van der Waals surface area contributed by atoms with Gasteiger partial charge < -0.3 is 14.8 Å². The summed E-state index contributed by atoms with van der Waals surface area (Å²) in [6.07, 6.45) is 5.12. The van der Waals surface area contributed by atoms with Crippen molar-refractivity contribution in [3.8, 4) is 0 Å². The van der Waals surface area contributed by atoms with E-state index in [0.29, 0.717) is 13.1 Å². The second-order valence-electron chi connectivity index (χ2n) is 9.06. The molecule has 1 aliphatic carbocycles. The Bertz CT molecular complexity index is 1450. The van der Waals surface area contributed by atoms with Crippen LogP contribution < -0.4 is 10.7 Å². The molecule has 0 unspecified atom stereocenters. The van der Waals surface area contributed by atoms with E-state index in [0.717, 1.165) is 34.7 Å². The molecule has 0 saturated heterocycles. The summed E-state index contributed by atoms with van der Waals surface area (Å²) in [5, 5.41) is 4.99. The van der Waals surface area contributed by atoms with E-state index in [4.69, 9.17) is 0 Å². The molecule has 0 radical (unpaired) electrons. The van der Waals surface area contributed by atoms with Crippen molar-refractivity contribution in [3.05, 3.63) is 118 Å². The lowest BCUT2D eigenvalue weighted by molar-refractivity contribution is 0.0783. The summed E-state index contributed by atoms with van der Waals surface area (Å²) in [7, 11) is 1.69. The summed E-state index contributed by atoms with van der Waals surface area (Å²) in [6, 6.07) is 23.7. The average Bonchev–Trinajstić information content (AvgIpc) is 3.73. The van der Waals surface area contributed by atoms with Crippen molar-refractivity contribution in [2.24, 2.45) is 0 Å². The minimum atomic E-state index is -0.540. The molecule has 2 amide bonds. The fourth-order valence-electron chi connectivity index (χ4n) is 4.33. The zero-order chi connectivity index (χ0) is 24.4. The molecule has 0 aliphatic heterocycles. The Balaban J connectivity index is 1.42. The molecular formula is C29H27N3O3. The fourth-order valence-corrected chi connectivity index (χ4v) is 4.33. The van der Waals surface area contributed by atoms with Crippen LogP contribution in [0.3, 0.4) is 0 Å². The van der Waals surface area contributed by atoms with Crippen LogP contribution in [0, 0.1) is 0 Å². The number of amides is 2. The van der Waals surface area contributed by atoms with Crippen LogP contribution in [-0.4, -0.2) is 28.3 Å². The van der Waals surface area contributed by atoms with Gasteiger partial charge in [-0.05, 0) is 34.7 Å². The van der Waals surface area contributed by atoms with E-state index < -0.39 is 17.2 Å². The maximum Gasteiger partial charge on any atom is 0.259 e. The Morgan fingerprint density at radius 2 is 1.60 bits per heavy atom. The highest BCUT2D eigenvalue weighted by Gasteiger charge is 2.28. The van der Waals surface area contributed by atoms with Gasteiger partial charge >= 0.3 is 0 Å². The number of nitrogens with one attached hydrogen (secondary N) is 1. The van der Waals surface area contributed by atoms with Gasteiger partial charge in [0.15, 0.2) is 0 Å². The third-order valence-corrected chi connectivity index (χ3v) is 6.42. The Labute approximate surface area is 203 Å². The van der Waals surface area contributed by atoms with E-state index in [1.807, 2.05) is 77.4 Å². The summed E-state index contributed by atoms with van der Waals surface area (Å²) < 4.78 is 1.85. The van der Waals surface area contributed by atoms with Crippen molar-refractivity contribution >= 4 is 22.6 Å². The fraction of sp³-hybridized carbons (Fsp3) is 0.207. The van der Waals surface area contributed by atoms with Crippen molar-refractivity contribution in [3.63, 3.8) is 0 Å². The quantitative estimate of drug-likeness (QED) is 0.436. The lowest BCUT2D eigenvalue weighted by atomic mass is 10.0. The number of pyridine rings is 1. The van der Waals surface area contributed by atoms with E-state index >= 15 is 0 Å². The van der Waals surface area contributed by atoms with Crippen LogP contribution in [0.2, 0.25) is 0 Å². The van der Waals surface area contributed by atoms with Crippen LogP contribution in [0.5, 0.6) is 0 Å². The maximum absolute atomic E-state index is 13.4. The van der Waals surface area contributed by atoms with Crippen LogP contribution in [0.4, 0.5) is 0 Å². The van der Waals surface area contributed by atoms with Crippen molar-refractivity contribution in [1.29, 1.82) is 0 Å². The van der Waals surface area contributed by atoms with Gasteiger partial charge in [0.05, 0.1) is 0 Å². The molecular weight excluding hydrogens is 438 g/mol. The summed E-state index contributed by atoms with van der Waals surface area (Å²) in [5.41, 5.74) is 1.41. The third kappa shape index (κ3) is 4.87. The first kappa shape index (κ1) is 22.6. The molecule has 1 aliphatic rings. The number of rotatable bonds is 7. The molecule has 0 bridgehead atoms. The Morgan fingerprint density at radius 3 is 2.37 bits per heavy atom. The molecule has 4 aromatic rings. The van der Waals surface area contributed by atoms with Crippen molar-refractivity contribution in [2.45, 2.75) is 32.0 Å². The summed E-state index contributed by atoms with van der Waals surface area (Å²) in [4.78, 5) is 41.3. The smallest absolute Gasteiger partial charge is 0.259 e. The molecule has 6 heteroatoms. The maximum atomic E-state index is 13.4. The summed E-state index contributed by atoms with van der Waals surface area (Å²) in [5.74, 6) is -0.866. The number of benzene rings is 3. The number of carbonyl (C=O) groups excluding carboxylic acids is 2. The molecule has 3 aromatic carbocycles. The highest BCUT2D eigenvalue weighted by molar-refractivity contribution is 5.99. The zero-order valence-electron chi connectivity index (χ0n) is 19.6. The van der Waals surface area contributed by atoms with Crippen molar-refractivity contribution < 1.29 is 9.59 Å². The molecule has 35 heavy (non-hydrogen) atoms. The molecule has 1 saturated carbocycles. The highest BCUT2D eigenvalue weighted by Crippen LogP contribution is 2.34. The van der Waals surface area contributed by atoms with Crippen LogP contribution in [0.1, 0.15) is 50.7 Å². The molecule has 1 aromatic heterocycles. The number of carbonyl (C=O) groups is 2. The van der Waals surface area contributed by atoms with Gasteiger partial charge in [0.1, 0.15) is 11.1 Å². The second kappa shape index (κ2) is 9.58. The molecule has 1 fully saturated rings. The number of fused-ring (bicyclic) bond motifs is 1. The van der Waals surface area contributed by atoms with Crippen LogP contribution >= 0.6 is 0 Å². The number of aromatic nitrogens is 1. The van der Waals surface area contributed by atoms with Gasteiger partial charge in [-0.25, -0.2) is 0 Å². The number of hydrogen-bond donors (Lipinski definition) is 1. The van der Waals surface area contributed by atoms with E-state index in [9.17, 15) is 14.4 Å². The first-order chi connectivity index (χ1) is 17.0. The summed E-state index contributed by atoms with van der Waals surface area (Å²) >= 11 is 0. The van der Waals surface area contributed by atoms with Gasteiger partial charge in [0.25, 0.3) is 11.8 Å². The Hall–Kier alpha value is -4.19. The molecule has 1 heterocycles. The molecule has 5 rings (SSSR count). The highest BCUT2D eigenvalue weighted by atomic mass is 16.2. The van der Waals surface area contributed by atoms with Crippen molar-refractivity contribution in [1.82, 2.24) is 14.8 Å². The van der Waals surface area contributed by atoms with Gasteiger partial charge in [-0.2, -0.15) is 0 Å². The van der Waals surface area contributed by atoms with Crippen molar-refractivity contribution in [2.75, 3.05) is 7.05 Å². The van der Waals surface area contributed by atoms with Gasteiger partial charge in [-0.15, -0.1) is 0 Å². The SMILES string of the molecule is CN(Cc1cccc2ccccc12)C(=O)c1cn(C2CC2)cc(C(=O)NCc2ccccc2)c1=O. The average molecular weight is 466 g/mol. The summed E-state index contributed by atoms with van der Waals surface area (Å²) in [6.45, 7) is 0.662. The minimum absolute atomic E-state index is 0.00255. The Kier molecular flexibility index (Phi) is 6.19. The first-order valence-electron chi connectivity index (χ1n) is 11.8. The standard InChI is InChI=1S/C29H27N3O3/c1-31(17-22-12-7-11-21-10-5-6-13-24(21)22)29(35)26-19-32(23-14-15-23)18-25(27(26)33)28(34)30-16-20-8-3-2-4-9-20/h2-13,18-19,23H,14-17H2,1H3,(H,30,34). The monoisotopic (exact) mass is 465 g/mol. The topological polar surface area (TPSA) is 71.4 Å². The lowest BCUT2D eigenvalue weighted by Gasteiger charge is -2.19. The molecule has 0 atom stereocenters. The normalized spacial score (nSPS) is 12.9. The molecule has 0 spiro atoms. The van der Waals surface area contributed by atoms with E-state index in [2.05, 4.69) is 5.32 Å². The van der Waals surface area contributed by atoms with Crippen LogP contribution in [-0.2, 0) is 13.1 Å². The number of nitrogens with zero attached hydrogens (tertiary/aromatic N) is 2. The lowest BCUT2D eigenvalue weighted by Crippen LogP contribution is -2.36. The predicted molar refractivity (Wildman–Crippen MR) is 136 cm³/mol. The van der Waals surface area contributed by atoms with Crippen LogP contribution in [0.15, 0.2) is 90.0 Å². The largest absolute Gasteiger partial charge is 0.349 e. The number of hydrogen-bond acceptors (Lipinski definition) is 3. The van der Waals surface area contributed by atoms with Crippen LogP contribution in [0.25, 0.3) is 10.8 Å². The molecule has 6 nitrogen and oxygen atoms in total. The second-order valence-corrected chi connectivity index (χ2v) is 9.06. The predicted octanol–water partition coefficient (Wildman–Crippen LogP) is 4.54. The van der Waals surface area contributed by atoms with Gasteiger partial charge in [-0.1, -0.05) is 72.8 Å². The zero-order valence-corrected chi connectivity index (χ0v) is 19.6.